The highest BCUT2D eigenvalue weighted by Gasteiger charge is 2.24. The maximum Gasteiger partial charge on any atom is 0.322 e. The maximum atomic E-state index is 11.8. The lowest BCUT2D eigenvalue weighted by atomic mass is 10.3. The first kappa shape index (κ1) is 9.62. The highest BCUT2D eigenvalue weighted by molar-refractivity contribution is 6.21. The van der Waals surface area contributed by atoms with Gasteiger partial charge < -0.3 is 5.32 Å². The molecule has 0 aromatic heterocycles. The average molecular weight is 172 g/mol. The summed E-state index contributed by atoms with van der Waals surface area (Å²) in [5.74, 6) is -0.430. The molecular weight excluding hydrogens is 164 g/mol. The Morgan fingerprint density at radius 3 is 2.50 bits per heavy atom. The van der Waals surface area contributed by atoms with E-state index >= 15 is 0 Å². The van der Waals surface area contributed by atoms with Crippen molar-refractivity contribution in [3.63, 3.8) is 0 Å². The molecule has 10 heavy (non-hydrogen) atoms. The molecule has 0 aromatic rings. The number of halogens is 3. The Kier molecular flexibility index (Phi) is 3.57. The van der Waals surface area contributed by atoms with Crippen molar-refractivity contribution in [1.29, 1.82) is 0 Å². The summed E-state index contributed by atoms with van der Waals surface area (Å²) < 4.78 is 23.6. The van der Waals surface area contributed by atoms with Gasteiger partial charge in [-0.2, -0.15) is 8.78 Å². The fourth-order valence-electron chi connectivity index (χ4n) is 0.380. The maximum absolute atomic E-state index is 11.8. The number of amides is 1. The molecule has 2 nitrogen and oxygen atoms in total. The number of hydrogen-bond acceptors (Lipinski definition) is 1. The molecule has 0 aromatic carbocycles. The van der Waals surface area contributed by atoms with Gasteiger partial charge in [-0.3, -0.25) is 4.79 Å². The molecule has 0 aliphatic carbocycles. The zero-order valence-corrected chi connectivity index (χ0v) is 6.21. The molecule has 0 fully saturated rings. The molecule has 0 aliphatic rings. The molecule has 0 saturated carbocycles. The van der Waals surface area contributed by atoms with Gasteiger partial charge >= 0.3 is 5.38 Å². The van der Waals surface area contributed by atoms with Gasteiger partial charge in [0.15, 0.2) is 0 Å². The zero-order valence-electron chi connectivity index (χ0n) is 5.46. The first-order valence-electron chi connectivity index (χ1n) is 2.73. The molecule has 60 valence electrons. The van der Waals surface area contributed by atoms with Crippen LogP contribution < -0.4 is 5.32 Å². The Labute approximate surface area is 62.5 Å². The molecule has 0 radical (unpaired) electrons. The van der Waals surface area contributed by atoms with Crippen LogP contribution in [-0.4, -0.2) is 18.3 Å². The highest BCUT2D eigenvalue weighted by Crippen LogP contribution is 2.24. The van der Waals surface area contributed by atoms with E-state index in [0.717, 1.165) is 0 Å². The minimum atomic E-state index is -3.26. The molecule has 0 atom stereocenters. The molecule has 0 unspecified atom stereocenters. The van der Waals surface area contributed by atoms with Gasteiger partial charge in [-0.1, -0.05) is 0 Å². The molecule has 1 amide bonds. The minimum Gasteiger partial charge on any atom is -0.359 e. The molecule has 0 rings (SSSR count). The standard InChI is InChI=1S/C5H8ClF2NO/c1-9-4(10)2-3-5(6,7)8/h2-3H2,1H3,(H,9,10). The third-order valence-electron chi connectivity index (χ3n) is 0.914. The Morgan fingerprint density at radius 2 is 2.20 bits per heavy atom. The van der Waals surface area contributed by atoms with E-state index in [-0.39, 0.29) is 6.42 Å². The van der Waals surface area contributed by atoms with E-state index in [1.165, 1.54) is 7.05 Å². The second kappa shape index (κ2) is 3.71. The second-order valence-electron chi connectivity index (χ2n) is 1.79. The molecule has 0 saturated heterocycles. The van der Waals surface area contributed by atoms with Crippen LogP contribution in [0.3, 0.4) is 0 Å². The number of carbonyl (C=O) groups is 1. The number of rotatable bonds is 3. The van der Waals surface area contributed by atoms with Gasteiger partial charge in [-0.05, 0) is 11.6 Å². The van der Waals surface area contributed by atoms with Crippen molar-refractivity contribution < 1.29 is 13.6 Å². The van der Waals surface area contributed by atoms with E-state index in [1.807, 2.05) is 0 Å². The molecule has 0 aliphatic heterocycles. The van der Waals surface area contributed by atoms with Crippen molar-refractivity contribution in [3.8, 4) is 0 Å². The second-order valence-corrected chi connectivity index (χ2v) is 2.34. The summed E-state index contributed by atoms with van der Waals surface area (Å²) in [6.07, 6.45) is -0.860. The third kappa shape index (κ3) is 5.75. The lowest BCUT2D eigenvalue weighted by Crippen LogP contribution is -2.20. The molecule has 1 N–H and O–H groups in total. The van der Waals surface area contributed by atoms with Crippen molar-refractivity contribution >= 4 is 17.5 Å². The summed E-state index contributed by atoms with van der Waals surface area (Å²) in [6.45, 7) is 0. The molecule has 0 spiro atoms. The van der Waals surface area contributed by atoms with Crippen LogP contribution in [0.1, 0.15) is 12.8 Å². The number of hydrogen-bond donors (Lipinski definition) is 1. The van der Waals surface area contributed by atoms with Gasteiger partial charge in [0.2, 0.25) is 5.91 Å². The van der Waals surface area contributed by atoms with Crippen molar-refractivity contribution in [3.05, 3.63) is 0 Å². The summed E-state index contributed by atoms with van der Waals surface area (Å²) >= 11 is 4.52. The normalized spacial score (nSPS) is 11.2. The van der Waals surface area contributed by atoms with Gasteiger partial charge in [-0.15, -0.1) is 0 Å². The SMILES string of the molecule is CNC(=O)CCC(F)(F)Cl. The van der Waals surface area contributed by atoms with Crippen LogP contribution in [0.5, 0.6) is 0 Å². The van der Waals surface area contributed by atoms with Crippen LogP contribution in [0, 0.1) is 0 Å². The van der Waals surface area contributed by atoms with Gasteiger partial charge in [0, 0.05) is 19.9 Å². The van der Waals surface area contributed by atoms with E-state index in [4.69, 9.17) is 0 Å². The van der Waals surface area contributed by atoms with Crippen molar-refractivity contribution in [2.45, 2.75) is 18.2 Å². The Bertz CT molecular complexity index is 123. The largest absolute Gasteiger partial charge is 0.359 e. The minimum absolute atomic E-state index is 0.243. The monoisotopic (exact) mass is 171 g/mol. The summed E-state index contributed by atoms with van der Waals surface area (Å²) in [4.78, 5) is 10.4. The van der Waals surface area contributed by atoms with Gasteiger partial charge in [0.25, 0.3) is 0 Å². The van der Waals surface area contributed by atoms with Crippen LogP contribution in [0.15, 0.2) is 0 Å². The van der Waals surface area contributed by atoms with Crippen molar-refractivity contribution in [2.24, 2.45) is 0 Å². The molecule has 0 heterocycles. The molecular formula is C5H8ClF2NO. The first-order valence-corrected chi connectivity index (χ1v) is 3.11. The van der Waals surface area contributed by atoms with E-state index in [0.29, 0.717) is 0 Å². The Balaban J connectivity index is 3.46. The van der Waals surface area contributed by atoms with Gasteiger partial charge in [0.1, 0.15) is 0 Å². The van der Waals surface area contributed by atoms with Crippen molar-refractivity contribution in [1.82, 2.24) is 5.32 Å². The average Bonchev–Trinajstić information content (AvgIpc) is 1.81. The number of carbonyl (C=O) groups excluding carboxylic acids is 1. The van der Waals surface area contributed by atoms with E-state index < -0.39 is 17.7 Å². The Morgan fingerprint density at radius 1 is 1.70 bits per heavy atom. The zero-order chi connectivity index (χ0) is 8.20. The predicted molar refractivity (Wildman–Crippen MR) is 34.1 cm³/mol. The lowest BCUT2D eigenvalue weighted by molar-refractivity contribution is -0.121. The number of nitrogens with one attached hydrogen (secondary N) is 1. The summed E-state index contributed by atoms with van der Waals surface area (Å²) in [6, 6.07) is 0. The number of alkyl halides is 3. The fourth-order valence-corrected chi connectivity index (χ4v) is 0.475. The topological polar surface area (TPSA) is 29.1 Å². The fraction of sp³-hybridized carbons (Fsp3) is 0.800. The van der Waals surface area contributed by atoms with E-state index in [1.54, 1.807) is 0 Å². The van der Waals surface area contributed by atoms with Crippen LogP contribution in [-0.2, 0) is 4.79 Å². The summed E-state index contributed by atoms with van der Waals surface area (Å²) in [5, 5.41) is -1.05. The van der Waals surface area contributed by atoms with Gasteiger partial charge in [0.05, 0.1) is 0 Å². The van der Waals surface area contributed by atoms with Crippen LogP contribution in [0.4, 0.5) is 8.78 Å². The van der Waals surface area contributed by atoms with E-state index in [9.17, 15) is 13.6 Å². The lowest BCUT2D eigenvalue weighted by Gasteiger charge is -2.05. The summed E-state index contributed by atoms with van der Waals surface area (Å²) in [7, 11) is 1.38. The predicted octanol–water partition coefficient (Wildman–Crippen LogP) is 1.34. The Hall–Kier alpha value is -0.380. The third-order valence-corrected chi connectivity index (χ3v) is 1.10. The van der Waals surface area contributed by atoms with Crippen molar-refractivity contribution in [2.75, 3.05) is 7.05 Å². The van der Waals surface area contributed by atoms with Crippen LogP contribution >= 0.6 is 11.6 Å². The first-order chi connectivity index (χ1) is 4.45. The molecule has 0 bridgehead atoms. The summed E-state index contributed by atoms with van der Waals surface area (Å²) in [5.41, 5.74) is 0. The van der Waals surface area contributed by atoms with E-state index in [2.05, 4.69) is 16.9 Å². The highest BCUT2D eigenvalue weighted by atomic mass is 35.5. The smallest absolute Gasteiger partial charge is 0.322 e. The quantitative estimate of drug-likeness (QED) is 0.638. The van der Waals surface area contributed by atoms with Crippen LogP contribution in [0.2, 0.25) is 0 Å². The van der Waals surface area contributed by atoms with Crippen LogP contribution in [0.25, 0.3) is 0 Å². The van der Waals surface area contributed by atoms with Gasteiger partial charge in [-0.25, -0.2) is 0 Å². The molecule has 5 heteroatoms.